The number of piperazine rings is 1. The third-order valence-electron chi connectivity index (χ3n) is 5.88. The number of guanidine groups is 1. The van der Waals surface area contributed by atoms with Crippen LogP contribution in [0.25, 0.3) is 0 Å². The average Bonchev–Trinajstić information content (AvgIpc) is 2.81. The number of nitrogens with one attached hydrogen (secondary N) is 2. The summed E-state index contributed by atoms with van der Waals surface area (Å²) in [6.07, 6.45) is 7.43. The van der Waals surface area contributed by atoms with Gasteiger partial charge in [-0.1, -0.05) is 6.92 Å². The van der Waals surface area contributed by atoms with Gasteiger partial charge in [-0.25, -0.2) is 9.97 Å². The fourth-order valence-electron chi connectivity index (χ4n) is 4.16. The number of hydrogen-bond donors (Lipinski definition) is 2. The van der Waals surface area contributed by atoms with Crippen molar-refractivity contribution in [1.29, 1.82) is 0 Å². The van der Waals surface area contributed by atoms with Crippen LogP contribution in [0.1, 0.15) is 39.5 Å². The lowest BCUT2D eigenvalue weighted by atomic mass is 10.1. The van der Waals surface area contributed by atoms with Crippen molar-refractivity contribution in [3.05, 3.63) is 18.5 Å². The lowest BCUT2D eigenvalue weighted by Crippen LogP contribution is -2.49. The minimum atomic E-state index is 0. The van der Waals surface area contributed by atoms with Crippen LogP contribution in [0, 0.1) is 0 Å². The minimum Gasteiger partial charge on any atom is -0.357 e. The molecule has 0 radical (unpaired) electrons. The van der Waals surface area contributed by atoms with Crippen LogP contribution in [0.15, 0.2) is 23.5 Å². The smallest absolute Gasteiger partial charge is 0.225 e. The van der Waals surface area contributed by atoms with Crippen molar-refractivity contribution in [3.63, 3.8) is 0 Å². The Balaban J connectivity index is 0.00000363. The average molecular weight is 559 g/mol. The van der Waals surface area contributed by atoms with Gasteiger partial charge in [-0.15, -0.1) is 24.0 Å². The molecule has 0 spiro atoms. The normalized spacial score (nSPS) is 18.2. The molecule has 180 valence electrons. The van der Waals surface area contributed by atoms with E-state index in [-0.39, 0.29) is 29.9 Å². The molecule has 2 saturated heterocycles. The van der Waals surface area contributed by atoms with E-state index in [1.165, 1.54) is 13.0 Å². The number of nitrogens with zero attached hydrogens (tertiary/aromatic N) is 6. The Bertz CT molecular complexity index is 688. The Morgan fingerprint density at radius 1 is 1.09 bits per heavy atom. The molecule has 2 aliphatic rings. The number of aromatic nitrogens is 2. The van der Waals surface area contributed by atoms with E-state index in [0.29, 0.717) is 32.1 Å². The number of carbonyl (C=O) groups is 1. The highest BCUT2D eigenvalue weighted by atomic mass is 127. The first kappa shape index (κ1) is 26.6. The molecule has 2 N–H and O–H groups in total. The molecule has 10 heteroatoms. The third-order valence-corrected chi connectivity index (χ3v) is 5.88. The number of halogens is 1. The molecule has 0 atom stereocenters. The van der Waals surface area contributed by atoms with Gasteiger partial charge in [-0.05, 0) is 38.8 Å². The number of hydrogen-bond acceptors (Lipinski definition) is 6. The van der Waals surface area contributed by atoms with E-state index in [1.54, 1.807) is 12.4 Å². The van der Waals surface area contributed by atoms with Gasteiger partial charge >= 0.3 is 0 Å². The molecule has 0 aromatic carbocycles. The molecule has 0 bridgehead atoms. The molecule has 1 amide bonds. The lowest BCUT2D eigenvalue weighted by molar-refractivity contribution is -0.131. The standard InChI is InChI=1S/C22H38N8O.HI/c1-3-12-28-13-7-19(8-14-28)27-21(23-4-2)24-11-6-20(31)29-15-17-30(18-16-29)22-25-9-5-10-26-22;/h5,9-10,19H,3-4,6-8,11-18H2,1-2H3,(H2,23,24,27);1H. The molecule has 32 heavy (non-hydrogen) atoms. The third kappa shape index (κ3) is 8.34. The molecule has 0 unspecified atom stereocenters. The van der Waals surface area contributed by atoms with Gasteiger partial charge in [0.1, 0.15) is 0 Å². The van der Waals surface area contributed by atoms with Crippen LogP contribution in [0.2, 0.25) is 0 Å². The monoisotopic (exact) mass is 558 g/mol. The van der Waals surface area contributed by atoms with E-state index in [2.05, 4.69) is 49.2 Å². The predicted molar refractivity (Wildman–Crippen MR) is 140 cm³/mol. The van der Waals surface area contributed by atoms with E-state index in [1.807, 2.05) is 11.0 Å². The zero-order valence-corrected chi connectivity index (χ0v) is 21.8. The fourth-order valence-corrected chi connectivity index (χ4v) is 4.16. The van der Waals surface area contributed by atoms with Crippen molar-refractivity contribution in [2.45, 2.75) is 45.6 Å². The fraction of sp³-hybridized carbons (Fsp3) is 0.727. The Kier molecular flexibility index (Phi) is 12.0. The van der Waals surface area contributed by atoms with Crippen LogP contribution >= 0.6 is 24.0 Å². The second-order valence-corrected chi connectivity index (χ2v) is 8.19. The Morgan fingerprint density at radius 2 is 1.78 bits per heavy atom. The van der Waals surface area contributed by atoms with Gasteiger partial charge in [0.25, 0.3) is 0 Å². The summed E-state index contributed by atoms with van der Waals surface area (Å²) in [5, 5.41) is 6.89. The summed E-state index contributed by atoms with van der Waals surface area (Å²) in [6, 6.07) is 2.27. The summed E-state index contributed by atoms with van der Waals surface area (Å²) < 4.78 is 0. The van der Waals surface area contributed by atoms with Crippen LogP contribution in [-0.4, -0.2) is 96.6 Å². The molecule has 2 aliphatic heterocycles. The maximum Gasteiger partial charge on any atom is 0.225 e. The maximum atomic E-state index is 12.6. The van der Waals surface area contributed by atoms with E-state index in [9.17, 15) is 4.79 Å². The highest BCUT2D eigenvalue weighted by Gasteiger charge is 2.22. The van der Waals surface area contributed by atoms with Crippen molar-refractivity contribution in [1.82, 2.24) is 30.4 Å². The summed E-state index contributed by atoms with van der Waals surface area (Å²) >= 11 is 0. The number of carbonyl (C=O) groups excluding carboxylic acids is 1. The Labute approximate surface area is 209 Å². The number of anilines is 1. The highest BCUT2D eigenvalue weighted by Crippen LogP contribution is 2.11. The second-order valence-electron chi connectivity index (χ2n) is 8.19. The molecule has 1 aromatic heterocycles. The SMILES string of the molecule is CCCN1CCC(NC(=NCCC(=O)N2CCN(c3ncccn3)CC2)NCC)CC1.I. The van der Waals surface area contributed by atoms with Crippen LogP contribution in [-0.2, 0) is 4.79 Å². The van der Waals surface area contributed by atoms with Crippen molar-refractivity contribution < 1.29 is 4.79 Å². The largest absolute Gasteiger partial charge is 0.357 e. The van der Waals surface area contributed by atoms with Crippen LogP contribution < -0.4 is 15.5 Å². The Hall–Kier alpha value is -1.69. The zero-order valence-electron chi connectivity index (χ0n) is 19.5. The molecule has 0 saturated carbocycles. The molecule has 0 aliphatic carbocycles. The van der Waals surface area contributed by atoms with Gasteiger partial charge in [0.2, 0.25) is 11.9 Å². The van der Waals surface area contributed by atoms with E-state index < -0.39 is 0 Å². The van der Waals surface area contributed by atoms with E-state index in [4.69, 9.17) is 0 Å². The van der Waals surface area contributed by atoms with Crippen molar-refractivity contribution >= 4 is 41.8 Å². The van der Waals surface area contributed by atoms with Gasteiger partial charge < -0.3 is 25.3 Å². The summed E-state index contributed by atoms with van der Waals surface area (Å²) in [7, 11) is 0. The Morgan fingerprint density at radius 3 is 2.41 bits per heavy atom. The molecule has 9 nitrogen and oxygen atoms in total. The van der Waals surface area contributed by atoms with Crippen molar-refractivity contribution in [2.24, 2.45) is 4.99 Å². The number of amides is 1. The van der Waals surface area contributed by atoms with Crippen molar-refractivity contribution in [3.8, 4) is 0 Å². The van der Waals surface area contributed by atoms with E-state index >= 15 is 0 Å². The highest BCUT2D eigenvalue weighted by molar-refractivity contribution is 14.0. The number of aliphatic imine (C=N–C) groups is 1. The second kappa shape index (κ2) is 14.5. The summed E-state index contributed by atoms with van der Waals surface area (Å²) in [5.74, 6) is 1.73. The van der Waals surface area contributed by atoms with Crippen LogP contribution in [0.4, 0.5) is 5.95 Å². The molecule has 1 aromatic rings. The molecule has 3 rings (SSSR count). The first-order valence-corrected chi connectivity index (χ1v) is 11.8. The van der Waals surface area contributed by atoms with Crippen LogP contribution in [0.3, 0.4) is 0 Å². The number of likely N-dealkylation sites (tertiary alicyclic amines) is 1. The number of piperidine rings is 1. The minimum absolute atomic E-state index is 0. The molecule has 3 heterocycles. The van der Waals surface area contributed by atoms with Gasteiger partial charge in [0, 0.05) is 70.7 Å². The lowest BCUT2D eigenvalue weighted by Gasteiger charge is -2.34. The zero-order chi connectivity index (χ0) is 21.9. The maximum absolute atomic E-state index is 12.6. The predicted octanol–water partition coefficient (Wildman–Crippen LogP) is 1.56. The topological polar surface area (TPSA) is 89.0 Å². The van der Waals surface area contributed by atoms with Gasteiger partial charge in [-0.2, -0.15) is 0 Å². The van der Waals surface area contributed by atoms with Crippen molar-refractivity contribution in [2.75, 3.05) is 63.8 Å². The summed E-state index contributed by atoms with van der Waals surface area (Å²) in [5.41, 5.74) is 0. The first-order chi connectivity index (χ1) is 15.2. The summed E-state index contributed by atoms with van der Waals surface area (Å²) in [4.78, 5) is 32.5. The van der Waals surface area contributed by atoms with Gasteiger partial charge in [-0.3, -0.25) is 9.79 Å². The van der Waals surface area contributed by atoms with E-state index in [0.717, 1.165) is 57.5 Å². The molecular weight excluding hydrogens is 519 g/mol. The summed E-state index contributed by atoms with van der Waals surface area (Å²) in [6.45, 7) is 12.0. The molecular formula is C22H39IN8O. The first-order valence-electron chi connectivity index (χ1n) is 11.8. The molecule has 2 fully saturated rings. The quantitative estimate of drug-likeness (QED) is 0.285. The van der Waals surface area contributed by atoms with Crippen LogP contribution in [0.5, 0.6) is 0 Å². The van der Waals surface area contributed by atoms with Gasteiger partial charge in [0.05, 0.1) is 6.54 Å². The van der Waals surface area contributed by atoms with Gasteiger partial charge in [0.15, 0.2) is 5.96 Å². The number of rotatable bonds is 8.